The minimum atomic E-state index is -0.625. The fraction of sp³-hybridized carbons (Fsp3) is 0.667. The number of rotatable bonds is 8. The minimum Gasteiger partial charge on any atom is -0.461 e. The molecule has 2 fully saturated rings. The third-order valence-corrected chi connectivity index (χ3v) is 9.28. The van der Waals surface area contributed by atoms with Gasteiger partial charge in [-0.15, -0.1) is 6.58 Å². The van der Waals surface area contributed by atoms with Crippen molar-refractivity contribution in [3.8, 4) is 0 Å². The molecule has 5 nitrogen and oxygen atoms in total. The molecule has 35 heavy (non-hydrogen) atoms. The van der Waals surface area contributed by atoms with E-state index in [4.69, 9.17) is 4.74 Å². The smallest absolute Gasteiger partial charge is 0.320 e. The maximum Gasteiger partial charge on any atom is 0.320 e. The van der Waals surface area contributed by atoms with Gasteiger partial charge >= 0.3 is 5.97 Å². The molecule has 194 valence electrons. The third kappa shape index (κ3) is 5.72. The van der Waals surface area contributed by atoms with Crippen LogP contribution in [0, 0.1) is 35.5 Å². The quantitative estimate of drug-likeness (QED) is 0.400. The van der Waals surface area contributed by atoms with E-state index in [9.17, 15) is 14.7 Å². The molecule has 3 rings (SSSR count). The van der Waals surface area contributed by atoms with Crippen LogP contribution in [0.15, 0.2) is 36.9 Å². The van der Waals surface area contributed by atoms with Gasteiger partial charge in [0.2, 0.25) is 0 Å². The fourth-order valence-corrected chi connectivity index (χ4v) is 6.61. The number of esters is 1. The predicted molar refractivity (Wildman–Crippen MR) is 140 cm³/mol. The van der Waals surface area contributed by atoms with Crippen LogP contribution in [0.2, 0.25) is 0 Å². The number of benzene rings is 1. The summed E-state index contributed by atoms with van der Waals surface area (Å²) >= 11 is 0. The van der Waals surface area contributed by atoms with Gasteiger partial charge in [-0.25, -0.2) is 0 Å². The van der Waals surface area contributed by atoms with Gasteiger partial charge in [-0.1, -0.05) is 63.6 Å². The van der Waals surface area contributed by atoms with Crippen molar-refractivity contribution in [1.29, 1.82) is 0 Å². The van der Waals surface area contributed by atoms with Gasteiger partial charge in [-0.3, -0.25) is 14.5 Å². The molecule has 0 radical (unpaired) electrons. The molecule has 1 N–H and O–H groups in total. The van der Waals surface area contributed by atoms with Gasteiger partial charge in [0, 0.05) is 23.3 Å². The lowest BCUT2D eigenvalue weighted by molar-refractivity contribution is -0.186. The Kier molecular flexibility index (Phi) is 8.64. The summed E-state index contributed by atoms with van der Waals surface area (Å²) in [5.74, 6) is -0.0667. The van der Waals surface area contributed by atoms with E-state index in [0.717, 1.165) is 24.9 Å². The second-order valence-electron chi connectivity index (χ2n) is 11.6. The predicted octanol–water partition coefficient (Wildman–Crippen LogP) is 5.33. The van der Waals surface area contributed by atoms with E-state index in [2.05, 4.69) is 56.5 Å². The van der Waals surface area contributed by atoms with E-state index in [-0.39, 0.29) is 36.1 Å². The lowest BCUT2D eigenvalue weighted by Crippen LogP contribution is -2.58. The van der Waals surface area contributed by atoms with E-state index >= 15 is 0 Å². The zero-order chi connectivity index (χ0) is 26.0. The number of ketones is 1. The number of ether oxygens (including phenoxy) is 1. The second-order valence-corrected chi connectivity index (χ2v) is 11.6. The van der Waals surface area contributed by atoms with E-state index in [0.29, 0.717) is 19.4 Å². The van der Waals surface area contributed by atoms with E-state index in [1.54, 1.807) is 6.92 Å². The summed E-state index contributed by atoms with van der Waals surface area (Å²) in [5.41, 5.74) is 1.30. The summed E-state index contributed by atoms with van der Waals surface area (Å²) in [4.78, 5) is 28.4. The van der Waals surface area contributed by atoms with Crippen LogP contribution < -0.4 is 0 Å². The fourth-order valence-electron chi connectivity index (χ4n) is 6.61. The summed E-state index contributed by atoms with van der Waals surface area (Å²) in [5, 5.41) is 11.2. The standard InChI is InChI=1S/C30H45NO4/c1-8-29(6)17-26(30(7)21(4)12-15-24(16-25(29)33)28(30)22(5)32)35-27(34)19-31(9-2)18-23-13-10-20(3)11-14-23/h8,10-11,13-14,21,24-26,28,33H,1,9,12,15-19H2,2-7H3/t21?,24?,25-,26+,28?,29+,30-/m0/s1. The summed E-state index contributed by atoms with van der Waals surface area (Å²) in [6, 6.07) is 8.36. The second kappa shape index (κ2) is 11.0. The van der Waals surface area contributed by atoms with Gasteiger partial charge in [0.05, 0.1) is 12.6 Å². The normalized spacial score (nSPS) is 35.1. The molecule has 1 aromatic carbocycles. The van der Waals surface area contributed by atoms with Crippen molar-refractivity contribution < 1.29 is 19.4 Å². The number of likely N-dealkylation sites (N-methyl/N-ethyl adjacent to an activating group) is 1. The van der Waals surface area contributed by atoms with Crippen molar-refractivity contribution in [3.05, 3.63) is 48.0 Å². The average molecular weight is 484 g/mol. The first-order valence-corrected chi connectivity index (χ1v) is 13.2. The van der Waals surface area contributed by atoms with Crippen molar-refractivity contribution in [3.63, 3.8) is 0 Å². The lowest BCUT2D eigenvalue weighted by Gasteiger charge is -2.56. The Morgan fingerprint density at radius 2 is 1.89 bits per heavy atom. The van der Waals surface area contributed by atoms with Crippen molar-refractivity contribution in [1.82, 2.24) is 4.90 Å². The Bertz CT molecular complexity index is 911. The molecular weight excluding hydrogens is 438 g/mol. The number of aryl methyl sites for hydroxylation is 1. The molecule has 7 atom stereocenters. The maximum atomic E-state index is 13.4. The Balaban J connectivity index is 1.87. The van der Waals surface area contributed by atoms with Crippen LogP contribution >= 0.6 is 0 Å². The topological polar surface area (TPSA) is 66.8 Å². The number of hydrogen-bond acceptors (Lipinski definition) is 5. The molecule has 0 saturated heterocycles. The summed E-state index contributed by atoms with van der Waals surface area (Å²) in [6.45, 7) is 17.7. The van der Waals surface area contributed by atoms with Crippen LogP contribution in [0.1, 0.15) is 71.4 Å². The summed E-state index contributed by atoms with van der Waals surface area (Å²) in [7, 11) is 0. The van der Waals surface area contributed by atoms with Gasteiger partial charge in [0.15, 0.2) is 0 Å². The molecule has 0 amide bonds. The zero-order valence-corrected chi connectivity index (χ0v) is 22.5. The number of hydrogen-bond donors (Lipinski definition) is 1. The molecule has 2 saturated carbocycles. The van der Waals surface area contributed by atoms with E-state index in [1.165, 1.54) is 5.56 Å². The van der Waals surface area contributed by atoms with Crippen LogP contribution in [0.25, 0.3) is 0 Å². The molecule has 2 aliphatic carbocycles. The third-order valence-electron chi connectivity index (χ3n) is 9.28. The zero-order valence-electron chi connectivity index (χ0n) is 22.5. The van der Waals surface area contributed by atoms with E-state index < -0.39 is 23.0 Å². The first kappa shape index (κ1) is 27.6. The van der Waals surface area contributed by atoms with Crippen molar-refractivity contribution in [2.45, 2.75) is 86.0 Å². The van der Waals surface area contributed by atoms with Crippen molar-refractivity contribution >= 4 is 11.8 Å². The van der Waals surface area contributed by atoms with Crippen LogP contribution in [-0.4, -0.2) is 47.1 Å². The summed E-state index contributed by atoms with van der Waals surface area (Å²) < 4.78 is 6.31. The molecule has 0 heterocycles. The average Bonchev–Trinajstić information content (AvgIpc) is 2.80. The van der Waals surface area contributed by atoms with E-state index in [1.807, 2.05) is 19.9 Å². The lowest BCUT2D eigenvalue weighted by atomic mass is 9.50. The number of aliphatic hydroxyl groups is 1. The number of carbonyl (C=O) groups excluding carboxylic acids is 2. The van der Waals surface area contributed by atoms with Crippen molar-refractivity contribution in [2.75, 3.05) is 13.1 Å². The number of Topliss-reactive ketones (excluding diaryl/α,β-unsaturated/α-hetero) is 1. The molecule has 0 spiro atoms. The SMILES string of the molecule is C=C[C@]1(C)C[C@@H](OC(=O)CN(CC)Cc2ccc(C)cc2)[C@]2(C)C(C)CCC(C[C@@H]1O)C2C(C)=O. The molecule has 2 aliphatic rings. The molecule has 0 aliphatic heterocycles. The first-order chi connectivity index (χ1) is 16.4. The van der Waals surface area contributed by atoms with Gasteiger partial charge < -0.3 is 9.84 Å². The summed E-state index contributed by atoms with van der Waals surface area (Å²) in [6.07, 6.45) is 3.63. The molecule has 1 aromatic rings. The Hall–Kier alpha value is -1.98. The largest absolute Gasteiger partial charge is 0.461 e. The van der Waals surface area contributed by atoms with Gasteiger partial charge in [0.25, 0.3) is 0 Å². The molecule has 5 heteroatoms. The van der Waals surface area contributed by atoms with Crippen LogP contribution in [0.4, 0.5) is 0 Å². The highest BCUT2D eigenvalue weighted by Crippen LogP contribution is 2.57. The van der Waals surface area contributed by atoms with Crippen molar-refractivity contribution in [2.24, 2.45) is 28.6 Å². The van der Waals surface area contributed by atoms with Crippen LogP contribution in [0.3, 0.4) is 0 Å². The van der Waals surface area contributed by atoms with Gasteiger partial charge in [0.1, 0.15) is 11.9 Å². The first-order valence-electron chi connectivity index (χ1n) is 13.2. The number of fused-ring (bicyclic) bond motifs is 2. The highest BCUT2D eigenvalue weighted by molar-refractivity contribution is 5.80. The highest BCUT2D eigenvalue weighted by atomic mass is 16.5. The number of nitrogens with zero attached hydrogens (tertiary/aromatic N) is 1. The molecular formula is C30H45NO4. The molecule has 0 aromatic heterocycles. The van der Waals surface area contributed by atoms with Crippen LogP contribution in [-0.2, 0) is 20.9 Å². The Morgan fingerprint density at radius 1 is 1.23 bits per heavy atom. The monoisotopic (exact) mass is 483 g/mol. The highest BCUT2D eigenvalue weighted by Gasteiger charge is 2.58. The minimum absolute atomic E-state index is 0.0816. The Morgan fingerprint density at radius 3 is 2.46 bits per heavy atom. The molecule has 2 bridgehead atoms. The maximum absolute atomic E-state index is 13.4. The van der Waals surface area contributed by atoms with Gasteiger partial charge in [-0.2, -0.15) is 0 Å². The number of carbonyl (C=O) groups is 2. The Labute approximate surface area is 211 Å². The molecule has 3 unspecified atom stereocenters. The number of aliphatic hydroxyl groups excluding tert-OH is 1. The van der Waals surface area contributed by atoms with Gasteiger partial charge in [-0.05, 0) is 63.5 Å². The van der Waals surface area contributed by atoms with Crippen LogP contribution in [0.5, 0.6) is 0 Å².